The van der Waals surface area contributed by atoms with Crippen molar-refractivity contribution in [1.82, 2.24) is 19.0 Å². The first-order valence-electron chi connectivity index (χ1n) is 8.70. The molecule has 26 heavy (non-hydrogen) atoms. The van der Waals surface area contributed by atoms with Crippen LogP contribution in [0, 0.1) is 5.92 Å². The van der Waals surface area contributed by atoms with Crippen molar-refractivity contribution in [3.63, 3.8) is 0 Å². The van der Waals surface area contributed by atoms with Gasteiger partial charge in [0, 0.05) is 19.3 Å². The van der Waals surface area contributed by atoms with E-state index in [0.717, 1.165) is 25.2 Å². The predicted octanol–water partition coefficient (Wildman–Crippen LogP) is 1.66. The molecule has 0 bridgehead atoms. The highest BCUT2D eigenvalue weighted by molar-refractivity contribution is 7.89. The van der Waals surface area contributed by atoms with Gasteiger partial charge in [-0.1, -0.05) is 0 Å². The molecule has 0 amide bonds. The van der Waals surface area contributed by atoms with Crippen molar-refractivity contribution in [3.05, 3.63) is 42.2 Å². The standard InChI is InChI=1S/C18H26N4O3S/c1-20(2)11-9-15-12-21(14-16-8-10-19-22(16)13-15)26(23,24)18-6-4-17(25-3)5-7-18/h4-8,10,15H,9,11-14H2,1-3H3. The Morgan fingerprint density at radius 1 is 1.19 bits per heavy atom. The van der Waals surface area contributed by atoms with Crippen molar-refractivity contribution in [3.8, 4) is 5.75 Å². The number of nitrogens with zero attached hydrogens (tertiary/aromatic N) is 4. The van der Waals surface area contributed by atoms with Gasteiger partial charge in [0.05, 0.1) is 24.2 Å². The van der Waals surface area contributed by atoms with E-state index >= 15 is 0 Å². The number of ether oxygens (including phenoxy) is 1. The lowest BCUT2D eigenvalue weighted by Crippen LogP contribution is -2.34. The second-order valence-electron chi connectivity index (χ2n) is 6.94. The van der Waals surface area contributed by atoms with Crippen LogP contribution in [0.5, 0.6) is 5.75 Å². The van der Waals surface area contributed by atoms with Gasteiger partial charge in [0.1, 0.15) is 5.75 Å². The van der Waals surface area contributed by atoms with Crippen LogP contribution in [0.4, 0.5) is 0 Å². The molecule has 0 saturated heterocycles. The fourth-order valence-corrected chi connectivity index (χ4v) is 4.68. The molecule has 1 unspecified atom stereocenters. The van der Waals surface area contributed by atoms with E-state index < -0.39 is 10.0 Å². The van der Waals surface area contributed by atoms with Gasteiger partial charge >= 0.3 is 0 Å². The maximum absolute atomic E-state index is 13.2. The van der Waals surface area contributed by atoms with E-state index in [1.165, 1.54) is 0 Å². The van der Waals surface area contributed by atoms with E-state index in [4.69, 9.17) is 4.74 Å². The summed E-state index contributed by atoms with van der Waals surface area (Å²) in [5.41, 5.74) is 0.925. The molecule has 0 radical (unpaired) electrons. The largest absolute Gasteiger partial charge is 0.497 e. The quantitative estimate of drug-likeness (QED) is 0.765. The lowest BCUT2D eigenvalue weighted by Gasteiger charge is -2.24. The zero-order valence-electron chi connectivity index (χ0n) is 15.5. The van der Waals surface area contributed by atoms with Crippen molar-refractivity contribution in [2.45, 2.75) is 24.4 Å². The minimum atomic E-state index is -3.58. The van der Waals surface area contributed by atoms with E-state index in [2.05, 4.69) is 10.00 Å². The molecule has 3 rings (SSSR count). The Kier molecular flexibility index (Phi) is 5.64. The third-order valence-corrected chi connectivity index (χ3v) is 6.54. The van der Waals surface area contributed by atoms with Gasteiger partial charge in [0.2, 0.25) is 10.0 Å². The van der Waals surface area contributed by atoms with Crippen LogP contribution in [0.2, 0.25) is 0 Å². The lowest BCUT2D eigenvalue weighted by molar-refractivity contribution is 0.285. The Balaban J connectivity index is 1.88. The molecule has 0 spiro atoms. The van der Waals surface area contributed by atoms with E-state index in [1.54, 1.807) is 41.9 Å². The van der Waals surface area contributed by atoms with Crippen molar-refractivity contribution in [2.75, 3.05) is 34.3 Å². The number of benzene rings is 1. The third kappa shape index (κ3) is 4.08. The van der Waals surface area contributed by atoms with Gasteiger partial charge in [-0.05, 0) is 63.3 Å². The van der Waals surface area contributed by atoms with E-state index in [-0.39, 0.29) is 10.8 Å². The summed E-state index contributed by atoms with van der Waals surface area (Å²) in [4.78, 5) is 2.41. The van der Waals surface area contributed by atoms with Gasteiger partial charge in [-0.2, -0.15) is 9.40 Å². The number of aromatic nitrogens is 2. The molecule has 1 atom stereocenters. The van der Waals surface area contributed by atoms with Crippen LogP contribution in [0.1, 0.15) is 12.1 Å². The maximum atomic E-state index is 13.2. The number of sulfonamides is 1. The second-order valence-corrected chi connectivity index (χ2v) is 8.87. The minimum absolute atomic E-state index is 0.214. The van der Waals surface area contributed by atoms with E-state index in [0.29, 0.717) is 18.8 Å². The van der Waals surface area contributed by atoms with Crippen molar-refractivity contribution < 1.29 is 13.2 Å². The fourth-order valence-electron chi connectivity index (χ4n) is 3.20. The van der Waals surface area contributed by atoms with Crippen molar-refractivity contribution in [2.24, 2.45) is 5.92 Å². The molecule has 7 nitrogen and oxygen atoms in total. The SMILES string of the molecule is COc1ccc(S(=O)(=O)N2Cc3ccnn3CC(CCN(C)C)C2)cc1. The van der Waals surface area contributed by atoms with Crippen molar-refractivity contribution >= 4 is 10.0 Å². The number of fused-ring (bicyclic) bond motifs is 1. The molecule has 0 aliphatic carbocycles. The van der Waals surface area contributed by atoms with E-state index in [1.807, 2.05) is 24.8 Å². The summed E-state index contributed by atoms with van der Waals surface area (Å²) < 4.78 is 35.0. The number of methoxy groups -OCH3 is 1. The molecule has 8 heteroatoms. The smallest absolute Gasteiger partial charge is 0.243 e. The van der Waals surface area contributed by atoms with Crippen LogP contribution in [-0.4, -0.2) is 61.7 Å². The van der Waals surface area contributed by atoms with Crippen molar-refractivity contribution in [1.29, 1.82) is 0 Å². The molecule has 1 aliphatic rings. The summed E-state index contributed by atoms with van der Waals surface area (Å²) in [6.07, 6.45) is 2.66. The number of hydrogen-bond donors (Lipinski definition) is 0. The summed E-state index contributed by atoms with van der Waals surface area (Å²) in [6, 6.07) is 8.46. The predicted molar refractivity (Wildman–Crippen MR) is 99.5 cm³/mol. The molecule has 0 fully saturated rings. The summed E-state index contributed by atoms with van der Waals surface area (Å²) >= 11 is 0. The summed E-state index contributed by atoms with van der Waals surface area (Å²) in [5.74, 6) is 0.855. The van der Waals surface area contributed by atoms with Crippen LogP contribution >= 0.6 is 0 Å². The first kappa shape index (κ1) is 18.9. The normalized spacial score (nSPS) is 18.5. The Morgan fingerprint density at radius 2 is 1.92 bits per heavy atom. The van der Waals surface area contributed by atoms with E-state index in [9.17, 15) is 8.42 Å². The molecule has 1 aromatic carbocycles. The molecule has 1 aromatic heterocycles. The number of hydrogen-bond acceptors (Lipinski definition) is 5. The first-order chi connectivity index (χ1) is 12.4. The average Bonchev–Trinajstić information content (AvgIpc) is 2.97. The molecule has 142 valence electrons. The van der Waals surface area contributed by atoms with Gasteiger partial charge in [-0.3, -0.25) is 4.68 Å². The zero-order valence-corrected chi connectivity index (χ0v) is 16.3. The Morgan fingerprint density at radius 3 is 2.58 bits per heavy atom. The number of rotatable bonds is 6. The zero-order chi connectivity index (χ0) is 18.7. The molecule has 2 aromatic rings. The summed E-state index contributed by atoms with van der Waals surface area (Å²) in [7, 11) is 2.04. The maximum Gasteiger partial charge on any atom is 0.243 e. The monoisotopic (exact) mass is 378 g/mol. The van der Waals surface area contributed by atoms with Gasteiger partial charge in [-0.25, -0.2) is 8.42 Å². The van der Waals surface area contributed by atoms with Crippen LogP contribution in [-0.2, 0) is 23.1 Å². The topological polar surface area (TPSA) is 67.7 Å². The van der Waals surface area contributed by atoms with Crippen LogP contribution in [0.15, 0.2) is 41.4 Å². The molecule has 2 heterocycles. The molecule has 0 N–H and O–H groups in total. The lowest BCUT2D eigenvalue weighted by atomic mass is 10.1. The van der Waals surface area contributed by atoms with Gasteiger partial charge < -0.3 is 9.64 Å². The van der Waals surface area contributed by atoms with Gasteiger partial charge in [0.25, 0.3) is 0 Å². The van der Waals surface area contributed by atoms with Gasteiger partial charge in [-0.15, -0.1) is 0 Å². The highest BCUT2D eigenvalue weighted by Gasteiger charge is 2.31. The molecular weight excluding hydrogens is 352 g/mol. The molecular formula is C18H26N4O3S. The Bertz CT molecular complexity index is 830. The summed E-state index contributed by atoms with van der Waals surface area (Å²) in [6.45, 7) is 2.49. The fraction of sp³-hybridized carbons (Fsp3) is 0.500. The Labute approximate surface area is 155 Å². The average molecular weight is 378 g/mol. The molecule has 1 aliphatic heterocycles. The van der Waals surface area contributed by atoms with Crippen LogP contribution in [0.25, 0.3) is 0 Å². The summed E-state index contributed by atoms with van der Waals surface area (Å²) in [5, 5.41) is 4.37. The third-order valence-electron chi connectivity index (χ3n) is 4.72. The van der Waals surface area contributed by atoms with Crippen LogP contribution < -0.4 is 4.74 Å². The highest BCUT2D eigenvalue weighted by Crippen LogP contribution is 2.26. The second kappa shape index (κ2) is 7.77. The van der Waals surface area contributed by atoms with Crippen LogP contribution in [0.3, 0.4) is 0 Å². The highest BCUT2D eigenvalue weighted by atomic mass is 32.2. The Hall–Kier alpha value is -1.90. The molecule has 0 saturated carbocycles. The van der Waals surface area contributed by atoms with Gasteiger partial charge in [0.15, 0.2) is 0 Å². The first-order valence-corrected chi connectivity index (χ1v) is 10.1. The minimum Gasteiger partial charge on any atom is -0.497 e.